The topological polar surface area (TPSA) is 64.1 Å². The van der Waals surface area contributed by atoms with Gasteiger partial charge in [0.15, 0.2) is 0 Å². The Balaban J connectivity index is 1.93. The van der Waals surface area contributed by atoms with Gasteiger partial charge in [-0.1, -0.05) is 25.7 Å². The summed E-state index contributed by atoms with van der Waals surface area (Å²) in [6, 6.07) is 6.22. The number of pyridine rings is 2. The van der Waals surface area contributed by atoms with Crippen molar-refractivity contribution >= 4 is 19.7 Å². The highest BCUT2D eigenvalue weighted by atomic mass is 28.3. The summed E-state index contributed by atoms with van der Waals surface area (Å²) in [4.78, 5) is 21.1. The zero-order valence-corrected chi connectivity index (χ0v) is 16.6. The molecule has 1 unspecified atom stereocenters. The SMILES string of the molecule is Cc1cc2c(c(F)n1)-c1cccnc1C(COCC[Si](C)(C)C)C(=O)N2. The van der Waals surface area contributed by atoms with Crippen LogP contribution >= 0.6 is 0 Å². The lowest BCUT2D eigenvalue weighted by atomic mass is 9.97. The maximum absolute atomic E-state index is 14.6. The highest BCUT2D eigenvalue weighted by Gasteiger charge is 2.32. The first-order chi connectivity index (χ1) is 12.3. The van der Waals surface area contributed by atoms with Gasteiger partial charge in [0, 0.05) is 32.1 Å². The van der Waals surface area contributed by atoms with Crippen LogP contribution in [0.3, 0.4) is 0 Å². The van der Waals surface area contributed by atoms with Crippen molar-refractivity contribution in [3.63, 3.8) is 0 Å². The fraction of sp³-hybridized carbons (Fsp3) is 0.421. The van der Waals surface area contributed by atoms with Crippen molar-refractivity contribution in [1.82, 2.24) is 9.97 Å². The molecule has 0 aromatic carbocycles. The van der Waals surface area contributed by atoms with Gasteiger partial charge in [0.05, 0.1) is 23.6 Å². The molecule has 1 N–H and O–H groups in total. The van der Waals surface area contributed by atoms with E-state index in [1.54, 1.807) is 31.3 Å². The molecule has 0 saturated carbocycles. The van der Waals surface area contributed by atoms with Gasteiger partial charge in [-0.25, -0.2) is 4.98 Å². The number of ether oxygens (including phenoxy) is 1. The van der Waals surface area contributed by atoms with Crippen molar-refractivity contribution in [1.29, 1.82) is 0 Å². The zero-order chi connectivity index (χ0) is 18.9. The fourth-order valence-electron chi connectivity index (χ4n) is 2.97. The Morgan fingerprint density at radius 3 is 2.85 bits per heavy atom. The second-order valence-corrected chi connectivity index (χ2v) is 13.5. The maximum atomic E-state index is 14.6. The number of nitrogens with one attached hydrogen (secondary N) is 1. The predicted octanol–water partition coefficient (Wildman–Crippen LogP) is 3.98. The van der Waals surface area contributed by atoms with Gasteiger partial charge in [0.25, 0.3) is 0 Å². The van der Waals surface area contributed by atoms with Gasteiger partial charge < -0.3 is 10.1 Å². The lowest BCUT2D eigenvalue weighted by molar-refractivity contribution is -0.118. The number of aryl methyl sites for hydroxylation is 1. The molecule has 0 spiro atoms. The predicted molar refractivity (Wildman–Crippen MR) is 103 cm³/mol. The molecule has 5 nitrogen and oxygen atoms in total. The van der Waals surface area contributed by atoms with Gasteiger partial charge in [-0.05, 0) is 25.1 Å². The van der Waals surface area contributed by atoms with E-state index < -0.39 is 19.9 Å². The summed E-state index contributed by atoms with van der Waals surface area (Å²) in [5.41, 5.74) is 2.35. The Labute approximate surface area is 154 Å². The molecule has 1 amide bonds. The van der Waals surface area contributed by atoms with Crippen LogP contribution in [0.5, 0.6) is 0 Å². The van der Waals surface area contributed by atoms with Crippen molar-refractivity contribution in [2.24, 2.45) is 0 Å². The first kappa shape index (κ1) is 18.7. The van der Waals surface area contributed by atoms with E-state index in [1.807, 2.05) is 0 Å². The highest BCUT2D eigenvalue weighted by molar-refractivity contribution is 6.76. The number of anilines is 1. The molecule has 0 bridgehead atoms. The molecule has 7 heteroatoms. The summed E-state index contributed by atoms with van der Waals surface area (Å²) in [6.45, 7) is 9.37. The molecular formula is C19H24FN3O2Si. The smallest absolute Gasteiger partial charge is 0.235 e. The average Bonchev–Trinajstić information content (AvgIpc) is 2.64. The third-order valence-corrected chi connectivity index (χ3v) is 6.10. The summed E-state index contributed by atoms with van der Waals surface area (Å²) in [5.74, 6) is -1.42. The number of halogens is 1. The number of carbonyl (C=O) groups excluding carboxylic acids is 1. The summed E-state index contributed by atoms with van der Waals surface area (Å²) in [7, 11) is -1.21. The first-order valence-electron chi connectivity index (χ1n) is 8.77. The van der Waals surface area contributed by atoms with Crippen LogP contribution in [0.1, 0.15) is 17.3 Å². The lowest BCUT2D eigenvalue weighted by Gasteiger charge is -2.18. The van der Waals surface area contributed by atoms with Crippen LogP contribution in [0, 0.1) is 12.9 Å². The van der Waals surface area contributed by atoms with Gasteiger partial charge >= 0.3 is 0 Å². The lowest BCUT2D eigenvalue weighted by Crippen LogP contribution is -2.27. The van der Waals surface area contributed by atoms with Crippen molar-refractivity contribution in [3.05, 3.63) is 41.7 Å². The number of hydrogen-bond acceptors (Lipinski definition) is 4. The number of nitrogens with zero attached hydrogens (tertiary/aromatic N) is 2. The van der Waals surface area contributed by atoms with E-state index in [0.717, 1.165) is 6.04 Å². The Hall–Kier alpha value is -2.12. The molecule has 1 aliphatic rings. The Kier molecular flexibility index (Phi) is 5.20. The van der Waals surface area contributed by atoms with Crippen LogP contribution in [0.25, 0.3) is 11.1 Å². The van der Waals surface area contributed by atoms with Crippen molar-refractivity contribution in [3.8, 4) is 11.1 Å². The van der Waals surface area contributed by atoms with Crippen LogP contribution in [0.15, 0.2) is 24.4 Å². The molecule has 0 saturated heterocycles. The van der Waals surface area contributed by atoms with E-state index >= 15 is 0 Å². The molecular weight excluding hydrogens is 349 g/mol. The van der Waals surface area contributed by atoms with Crippen LogP contribution < -0.4 is 5.32 Å². The van der Waals surface area contributed by atoms with E-state index in [0.29, 0.717) is 29.2 Å². The van der Waals surface area contributed by atoms with Crippen LogP contribution in [0.2, 0.25) is 25.7 Å². The normalized spacial score (nSPS) is 16.5. The van der Waals surface area contributed by atoms with E-state index in [2.05, 4.69) is 34.9 Å². The standard InChI is InChI=1S/C19H24FN3O2Si/c1-12-10-15-16(18(20)22-12)13-6-5-7-21-17(13)14(19(24)23-15)11-25-8-9-26(2,3)4/h5-7,10,14H,8-9,11H2,1-4H3,(H,23,24). The average molecular weight is 374 g/mol. The van der Waals surface area contributed by atoms with E-state index in [9.17, 15) is 9.18 Å². The van der Waals surface area contributed by atoms with Gasteiger partial charge in [-0.3, -0.25) is 9.78 Å². The van der Waals surface area contributed by atoms with Crippen molar-refractivity contribution in [2.45, 2.75) is 38.5 Å². The third kappa shape index (κ3) is 3.99. The van der Waals surface area contributed by atoms with Crippen molar-refractivity contribution < 1.29 is 13.9 Å². The largest absolute Gasteiger partial charge is 0.381 e. The quantitative estimate of drug-likeness (QED) is 0.489. The first-order valence-corrected chi connectivity index (χ1v) is 12.5. The number of hydrogen-bond donors (Lipinski definition) is 1. The van der Waals surface area contributed by atoms with Crippen LogP contribution in [-0.2, 0) is 9.53 Å². The molecule has 2 aromatic rings. The molecule has 1 aliphatic heterocycles. The zero-order valence-electron chi connectivity index (χ0n) is 15.6. The molecule has 26 heavy (non-hydrogen) atoms. The molecule has 0 aliphatic carbocycles. The minimum absolute atomic E-state index is 0.225. The van der Waals surface area contributed by atoms with Crippen molar-refractivity contribution in [2.75, 3.05) is 18.5 Å². The summed E-state index contributed by atoms with van der Waals surface area (Å²) in [5, 5.41) is 2.83. The number of aromatic nitrogens is 2. The fourth-order valence-corrected chi connectivity index (χ4v) is 3.73. The van der Waals surface area contributed by atoms with Gasteiger partial charge in [-0.15, -0.1) is 0 Å². The second kappa shape index (κ2) is 7.24. The van der Waals surface area contributed by atoms with Crippen LogP contribution in [0.4, 0.5) is 10.1 Å². The van der Waals surface area contributed by atoms with Gasteiger partial charge in [-0.2, -0.15) is 4.39 Å². The van der Waals surface area contributed by atoms with E-state index in [4.69, 9.17) is 4.74 Å². The molecule has 138 valence electrons. The minimum atomic E-state index is -1.21. The summed E-state index contributed by atoms with van der Waals surface area (Å²) >= 11 is 0. The Morgan fingerprint density at radius 2 is 2.12 bits per heavy atom. The maximum Gasteiger partial charge on any atom is 0.235 e. The van der Waals surface area contributed by atoms with Gasteiger partial charge in [0.2, 0.25) is 11.9 Å². The monoisotopic (exact) mass is 373 g/mol. The van der Waals surface area contributed by atoms with Gasteiger partial charge in [0.1, 0.15) is 5.92 Å². The second-order valence-electron chi connectivity index (χ2n) is 7.84. The molecule has 3 rings (SSSR count). The highest BCUT2D eigenvalue weighted by Crippen LogP contribution is 2.38. The molecule has 1 atom stereocenters. The number of rotatable bonds is 5. The van der Waals surface area contributed by atoms with E-state index in [1.165, 1.54) is 0 Å². The molecule has 0 fully saturated rings. The number of amides is 1. The Bertz CT molecular complexity index is 836. The summed E-state index contributed by atoms with van der Waals surface area (Å²) < 4.78 is 20.4. The molecule has 0 radical (unpaired) electrons. The minimum Gasteiger partial charge on any atom is -0.381 e. The van der Waals surface area contributed by atoms with Crippen LogP contribution in [-0.4, -0.2) is 37.2 Å². The van der Waals surface area contributed by atoms with E-state index in [-0.39, 0.29) is 18.1 Å². The number of fused-ring (bicyclic) bond motifs is 3. The molecule has 3 heterocycles. The number of carbonyl (C=O) groups is 1. The summed E-state index contributed by atoms with van der Waals surface area (Å²) in [6.07, 6.45) is 1.62. The molecule has 2 aromatic heterocycles. The third-order valence-electron chi connectivity index (χ3n) is 4.40. The Morgan fingerprint density at radius 1 is 1.35 bits per heavy atom.